The number of halogens is 1. The molecule has 16 heavy (non-hydrogen) atoms. The fourth-order valence-electron chi connectivity index (χ4n) is 1.13. The zero-order chi connectivity index (χ0) is 12.0. The average molecular weight is 219 g/mol. The molecule has 0 aromatic heterocycles. The van der Waals surface area contributed by atoms with E-state index in [4.69, 9.17) is 5.26 Å². The number of methoxy groups -OCH3 is 1. The van der Waals surface area contributed by atoms with Crippen LogP contribution >= 0.6 is 0 Å². The molecule has 0 saturated carbocycles. The molecule has 1 aromatic carbocycles. The summed E-state index contributed by atoms with van der Waals surface area (Å²) in [7, 11) is 1.27. The molecular formula is C12H10FNO2. The van der Waals surface area contributed by atoms with Gasteiger partial charge in [-0.1, -0.05) is 12.1 Å². The molecule has 0 aliphatic rings. The van der Waals surface area contributed by atoms with Gasteiger partial charge in [-0.05, 0) is 17.7 Å². The van der Waals surface area contributed by atoms with Gasteiger partial charge in [-0.3, -0.25) is 0 Å². The first-order valence-corrected chi connectivity index (χ1v) is 4.58. The number of benzene rings is 1. The molecule has 3 nitrogen and oxygen atoms in total. The molecule has 82 valence electrons. The van der Waals surface area contributed by atoms with Crippen LogP contribution < -0.4 is 0 Å². The van der Waals surface area contributed by atoms with E-state index < -0.39 is 11.8 Å². The lowest BCUT2D eigenvalue weighted by atomic mass is 10.1. The third-order valence-electron chi connectivity index (χ3n) is 1.96. The second-order valence-corrected chi connectivity index (χ2v) is 3.04. The summed E-state index contributed by atoms with van der Waals surface area (Å²) in [4.78, 5) is 10.8. The summed E-state index contributed by atoms with van der Waals surface area (Å²) in [5.41, 5.74) is 0.891. The first-order chi connectivity index (χ1) is 7.67. The van der Waals surface area contributed by atoms with Crippen LogP contribution in [0, 0.1) is 17.1 Å². The lowest BCUT2D eigenvalue weighted by molar-refractivity contribution is -0.134. The molecule has 0 bridgehead atoms. The standard InChI is InChI=1S/C12H10FNO2/c1-16-12(15)5-3-9-2-4-10(6-7-14)11(13)8-9/h2-5,8H,6H2,1H3. The zero-order valence-electron chi connectivity index (χ0n) is 8.74. The van der Waals surface area contributed by atoms with E-state index >= 15 is 0 Å². The fraction of sp³-hybridized carbons (Fsp3) is 0.167. The number of carbonyl (C=O) groups is 1. The first-order valence-electron chi connectivity index (χ1n) is 4.58. The van der Waals surface area contributed by atoms with Gasteiger partial charge >= 0.3 is 5.97 Å². The second-order valence-electron chi connectivity index (χ2n) is 3.04. The Balaban J connectivity index is 2.86. The molecule has 0 aliphatic heterocycles. The summed E-state index contributed by atoms with van der Waals surface area (Å²) >= 11 is 0. The topological polar surface area (TPSA) is 50.1 Å². The van der Waals surface area contributed by atoms with Crippen LogP contribution in [0.2, 0.25) is 0 Å². The van der Waals surface area contributed by atoms with Crippen molar-refractivity contribution in [1.82, 2.24) is 0 Å². The Hall–Kier alpha value is -2.15. The highest BCUT2D eigenvalue weighted by molar-refractivity contribution is 5.86. The van der Waals surface area contributed by atoms with Gasteiger partial charge in [-0.25, -0.2) is 9.18 Å². The van der Waals surface area contributed by atoms with E-state index in [-0.39, 0.29) is 6.42 Å². The van der Waals surface area contributed by atoms with Crippen molar-refractivity contribution in [3.05, 3.63) is 41.2 Å². The Morgan fingerprint density at radius 1 is 1.62 bits per heavy atom. The Morgan fingerprint density at radius 3 is 2.94 bits per heavy atom. The molecule has 0 heterocycles. The number of carbonyl (C=O) groups excluding carboxylic acids is 1. The van der Waals surface area contributed by atoms with Crippen LogP contribution in [-0.4, -0.2) is 13.1 Å². The van der Waals surface area contributed by atoms with Crippen LogP contribution in [-0.2, 0) is 16.0 Å². The van der Waals surface area contributed by atoms with Gasteiger partial charge in [0.15, 0.2) is 0 Å². The van der Waals surface area contributed by atoms with E-state index in [2.05, 4.69) is 4.74 Å². The minimum atomic E-state index is -0.499. The summed E-state index contributed by atoms with van der Waals surface area (Å²) in [5, 5.41) is 8.43. The quantitative estimate of drug-likeness (QED) is 0.577. The summed E-state index contributed by atoms with van der Waals surface area (Å²) in [6.07, 6.45) is 2.69. The third kappa shape index (κ3) is 3.21. The molecule has 4 heteroatoms. The van der Waals surface area contributed by atoms with Gasteiger partial charge in [0.25, 0.3) is 0 Å². The van der Waals surface area contributed by atoms with Crippen molar-refractivity contribution >= 4 is 12.0 Å². The first kappa shape index (κ1) is 11.9. The number of rotatable bonds is 3. The van der Waals surface area contributed by atoms with E-state index in [9.17, 15) is 9.18 Å². The van der Waals surface area contributed by atoms with Crippen LogP contribution in [0.15, 0.2) is 24.3 Å². The van der Waals surface area contributed by atoms with Crippen LogP contribution in [0.1, 0.15) is 11.1 Å². The minimum absolute atomic E-state index is 0.0346. The van der Waals surface area contributed by atoms with Crippen LogP contribution in [0.3, 0.4) is 0 Å². The molecule has 0 atom stereocenters. The number of nitrogens with zero attached hydrogens (tertiary/aromatic N) is 1. The molecule has 1 aromatic rings. The summed E-state index contributed by atoms with van der Waals surface area (Å²) in [6, 6.07) is 6.30. The molecule has 0 fully saturated rings. The van der Waals surface area contributed by atoms with Crippen molar-refractivity contribution in [1.29, 1.82) is 5.26 Å². The predicted octanol–water partition coefficient (Wildman–Crippen LogP) is 2.08. The van der Waals surface area contributed by atoms with Gasteiger partial charge in [-0.15, -0.1) is 0 Å². The molecule has 0 aliphatic carbocycles. The normalized spacial score (nSPS) is 10.1. The zero-order valence-corrected chi connectivity index (χ0v) is 8.74. The summed E-state index contributed by atoms with van der Waals surface area (Å²) < 4.78 is 17.7. The summed E-state index contributed by atoms with van der Waals surface area (Å²) in [6.45, 7) is 0. The molecule has 0 amide bonds. The maximum absolute atomic E-state index is 13.3. The number of hydrogen-bond donors (Lipinski definition) is 0. The highest BCUT2D eigenvalue weighted by atomic mass is 19.1. The smallest absolute Gasteiger partial charge is 0.330 e. The molecule has 0 radical (unpaired) electrons. The van der Waals surface area contributed by atoms with E-state index in [1.165, 1.54) is 31.4 Å². The average Bonchev–Trinajstić information content (AvgIpc) is 2.29. The van der Waals surface area contributed by atoms with Gasteiger partial charge in [-0.2, -0.15) is 5.26 Å². The van der Waals surface area contributed by atoms with Crippen molar-refractivity contribution < 1.29 is 13.9 Å². The SMILES string of the molecule is COC(=O)C=Cc1ccc(CC#N)c(F)c1. The maximum Gasteiger partial charge on any atom is 0.330 e. The molecule has 0 spiro atoms. The molecule has 0 unspecified atom stereocenters. The van der Waals surface area contributed by atoms with Gasteiger partial charge in [0.1, 0.15) is 5.82 Å². The van der Waals surface area contributed by atoms with E-state index in [1.54, 1.807) is 6.07 Å². The second kappa shape index (κ2) is 5.66. The van der Waals surface area contributed by atoms with Crippen molar-refractivity contribution in [3.8, 4) is 6.07 Å². The molecule has 0 saturated heterocycles. The van der Waals surface area contributed by atoms with E-state index in [0.29, 0.717) is 11.1 Å². The van der Waals surface area contributed by atoms with Crippen molar-refractivity contribution in [2.45, 2.75) is 6.42 Å². The number of esters is 1. The van der Waals surface area contributed by atoms with Gasteiger partial charge < -0.3 is 4.74 Å². The van der Waals surface area contributed by atoms with E-state index in [0.717, 1.165) is 0 Å². The number of hydrogen-bond acceptors (Lipinski definition) is 3. The molecular weight excluding hydrogens is 209 g/mol. The van der Waals surface area contributed by atoms with Crippen molar-refractivity contribution in [2.75, 3.05) is 7.11 Å². The highest BCUT2D eigenvalue weighted by Gasteiger charge is 2.01. The largest absolute Gasteiger partial charge is 0.466 e. The lowest BCUT2D eigenvalue weighted by Crippen LogP contribution is -1.94. The van der Waals surface area contributed by atoms with Gasteiger partial charge in [0, 0.05) is 11.6 Å². The van der Waals surface area contributed by atoms with Crippen LogP contribution in [0.25, 0.3) is 6.08 Å². The molecule has 0 N–H and O–H groups in total. The van der Waals surface area contributed by atoms with Crippen LogP contribution in [0.5, 0.6) is 0 Å². The van der Waals surface area contributed by atoms with E-state index in [1.807, 2.05) is 6.07 Å². The summed E-state index contributed by atoms with van der Waals surface area (Å²) in [5.74, 6) is -0.949. The predicted molar refractivity (Wildman–Crippen MR) is 56.8 cm³/mol. The molecule has 1 rings (SSSR count). The Labute approximate surface area is 92.8 Å². The Bertz CT molecular complexity index is 461. The maximum atomic E-state index is 13.3. The Morgan fingerprint density at radius 2 is 2.38 bits per heavy atom. The highest BCUT2D eigenvalue weighted by Crippen LogP contribution is 2.12. The monoisotopic (exact) mass is 219 g/mol. The Kier molecular flexibility index (Phi) is 4.22. The number of ether oxygens (including phenoxy) is 1. The van der Waals surface area contributed by atoms with Crippen LogP contribution in [0.4, 0.5) is 4.39 Å². The minimum Gasteiger partial charge on any atom is -0.466 e. The fourth-order valence-corrected chi connectivity index (χ4v) is 1.13. The number of nitriles is 1. The van der Waals surface area contributed by atoms with Gasteiger partial charge in [0.2, 0.25) is 0 Å². The lowest BCUT2D eigenvalue weighted by Gasteiger charge is -1.99. The van der Waals surface area contributed by atoms with Gasteiger partial charge in [0.05, 0.1) is 19.6 Å². The van der Waals surface area contributed by atoms with Crippen molar-refractivity contribution in [3.63, 3.8) is 0 Å². The third-order valence-corrected chi connectivity index (χ3v) is 1.96. The van der Waals surface area contributed by atoms with Crippen molar-refractivity contribution in [2.24, 2.45) is 0 Å².